The lowest BCUT2D eigenvalue weighted by Gasteiger charge is -2.09. The fourth-order valence-electron chi connectivity index (χ4n) is 2.67. The Morgan fingerprint density at radius 3 is 2.47 bits per heavy atom. The topological polar surface area (TPSA) is 52.5 Å². The SMILES string of the molecule is N#Cc1ccc(C(=C2CCCC2)c2ncc[nH]2)cc1. The van der Waals surface area contributed by atoms with Gasteiger partial charge in [-0.15, -0.1) is 0 Å². The molecule has 3 heteroatoms. The van der Waals surface area contributed by atoms with E-state index in [1.165, 1.54) is 24.0 Å². The Hall–Kier alpha value is -2.34. The molecule has 1 heterocycles. The van der Waals surface area contributed by atoms with Gasteiger partial charge in [0.25, 0.3) is 0 Å². The van der Waals surface area contributed by atoms with Crippen molar-refractivity contribution in [2.45, 2.75) is 25.7 Å². The van der Waals surface area contributed by atoms with Crippen LogP contribution in [0.1, 0.15) is 42.6 Å². The van der Waals surface area contributed by atoms with Crippen LogP contribution in [0.4, 0.5) is 0 Å². The fraction of sp³-hybridized carbons (Fsp3) is 0.250. The highest BCUT2D eigenvalue weighted by Gasteiger charge is 2.17. The molecule has 0 unspecified atom stereocenters. The van der Waals surface area contributed by atoms with E-state index < -0.39 is 0 Å². The number of H-pyrrole nitrogens is 1. The van der Waals surface area contributed by atoms with Crippen LogP contribution < -0.4 is 0 Å². The van der Waals surface area contributed by atoms with E-state index in [0.29, 0.717) is 5.56 Å². The highest BCUT2D eigenvalue weighted by Crippen LogP contribution is 2.34. The molecule has 1 saturated carbocycles. The first kappa shape index (κ1) is 11.7. The minimum Gasteiger partial charge on any atom is -0.345 e. The third-order valence-corrected chi connectivity index (χ3v) is 3.60. The lowest BCUT2D eigenvalue weighted by atomic mass is 9.97. The molecule has 1 aromatic carbocycles. The van der Waals surface area contributed by atoms with E-state index in [9.17, 15) is 0 Å². The molecule has 0 radical (unpaired) electrons. The second-order valence-corrected chi connectivity index (χ2v) is 4.81. The number of hydrogen-bond acceptors (Lipinski definition) is 2. The van der Waals surface area contributed by atoms with Crippen molar-refractivity contribution in [2.24, 2.45) is 0 Å². The minimum atomic E-state index is 0.693. The number of allylic oxidation sites excluding steroid dienone is 1. The van der Waals surface area contributed by atoms with Gasteiger partial charge in [-0.05, 0) is 43.4 Å². The van der Waals surface area contributed by atoms with Gasteiger partial charge >= 0.3 is 0 Å². The van der Waals surface area contributed by atoms with Crippen LogP contribution in [-0.4, -0.2) is 9.97 Å². The zero-order chi connectivity index (χ0) is 13.1. The predicted octanol–water partition coefficient (Wildman–Crippen LogP) is 3.66. The van der Waals surface area contributed by atoms with E-state index >= 15 is 0 Å². The van der Waals surface area contributed by atoms with Gasteiger partial charge in [0, 0.05) is 18.0 Å². The molecule has 3 nitrogen and oxygen atoms in total. The Labute approximate surface area is 112 Å². The molecule has 1 aliphatic rings. The van der Waals surface area contributed by atoms with Gasteiger partial charge in [0.2, 0.25) is 0 Å². The van der Waals surface area contributed by atoms with Crippen molar-refractivity contribution in [2.75, 3.05) is 0 Å². The number of nitriles is 1. The maximum atomic E-state index is 8.88. The van der Waals surface area contributed by atoms with Crippen LogP contribution in [0.15, 0.2) is 42.2 Å². The first-order chi connectivity index (χ1) is 9.38. The molecule has 1 N–H and O–H groups in total. The fourth-order valence-corrected chi connectivity index (χ4v) is 2.67. The summed E-state index contributed by atoms with van der Waals surface area (Å²) in [5.41, 5.74) is 4.52. The van der Waals surface area contributed by atoms with Crippen LogP contribution in [0.3, 0.4) is 0 Å². The molecule has 0 bridgehead atoms. The molecule has 0 saturated heterocycles. The van der Waals surface area contributed by atoms with Crippen LogP contribution in [0.5, 0.6) is 0 Å². The number of imidazole rings is 1. The Balaban J connectivity index is 2.09. The van der Waals surface area contributed by atoms with E-state index in [4.69, 9.17) is 5.26 Å². The molecule has 94 valence electrons. The van der Waals surface area contributed by atoms with Crippen LogP contribution >= 0.6 is 0 Å². The molecule has 0 spiro atoms. The van der Waals surface area contributed by atoms with E-state index in [2.05, 4.69) is 16.0 Å². The second-order valence-electron chi connectivity index (χ2n) is 4.81. The summed E-state index contributed by atoms with van der Waals surface area (Å²) in [6.45, 7) is 0. The van der Waals surface area contributed by atoms with Crippen LogP contribution in [-0.2, 0) is 0 Å². The average molecular weight is 249 g/mol. The molecule has 1 fully saturated rings. The van der Waals surface area contributed by atoms with Crippen molar-refractivity contribution in [3.8, 4) is 6.07 Å². The lowest BCUT2D eigenvalue weighted by Crippen LogP contribution is -1.95. The average Bonchev–Trinajstić information content (AvgIpc) is 3.13. The zero-order valence-corrected chi connectivity index (χ0v) is 10.7. The first-order valence-corrected chi connectivity index (χ1v) is 6.61. The monoisotopic (exact) mass is 249 g/mol. The number of hydrogen-bond donors (Lipinski definition) is 1. The quantitative estimate of drug-likeness (QED) is 0.883. The summed E-state index contributed by atoms with van der Waals surface area (Å²) in [7, 11) is 0. The number of nitrogens with one attached hydrogen (secondary N) is 1. The highest BCUT2D eigenvalue weighted by molar-refractivity contribution is 5.79. The summed E-state index contributed by atoms with van der Waals surface area (Å²) >= 11 is 0. The van der Waals surface area contributed by atoms with Crippen molar-refractivity contribution < 1.29 is 0 Å². The first-order valence-electron chi connectivity index (χ1n) is 6.61. The normalized spacial score (nSPS) is 14.4. The van der Waals surface area contributed by atoms with Gasteiger partial charge in [0.1, 0.15) is 5.82 Å². The summed E-state index contributed by atoms with van der Waals surface area (Å²) in [5.74, 6) is 0.932. The largest absolute Gasteiger partial charge is 0.345 e. The third kappa shape index (κ3) is 2.30. The number of benzene rings is 1. The Bertz CT molecular complexity index is 620. The highest BCUT2D eigenvalue weighted by atomic mass is 14.9. The summed E-state index contributed by atoms with van der Waals surface area (Å²) in [6.07, 6.45) is 8.46. The molecule has 1 aliphatic carbocycles. The van der Waals surface area contributed by atoms with Crippen molar-refractivity contribution in [1.29, 1.82) is 5.26 Å². The van der Waals surface area contributed by atoms with Crippen LogP contribution in [0, 0.1) is 11.3 Å². The number of aromatic amines is 1. The van der Waals surface area contributed by atoms with Gasteiger partial charge in [-0.2, -0.15) is 5.26 Å². The molecule has 0 atom stereocenters. The molecule has 0 aliphatic heterocycles. The van der Waals surface area contributed by atoms with Crippen LogP contribution in [0.2, 0.25) is 0 Å². The van der Waals surface area contributed by atoms with Gasteiger partial charge in [-0.3, -0.25) is 0 Å². The Morgan fingerprint density at radius 1 is 1.16 bits per heavy atom. The van der Waals surface area contributed by atoms with Crippen molar-refractivity contribution in [3.63, 3.8) is 0 Å². The molecule has 3 rings (SSSR count). The van der Waals surface area contributed by atoms with E-state index in [1.54, 1.807) is 6.20 Å². The van der Waals surface area contributed by atoms with Crippen molar-refractivity contribution >= 4 is 5.57 Å². The molecular weight excluding hydrogens is 234 g/mol. The van der Waals surface area contributed by atoms with Crippen molar-refractivity contribution in [1.82, 2.24) is 9.97 Å². The third-order valence-electron chi connectivity index (χ3n) is 3.60. The number of nitrogens with zero attached hydrogens (tertiary/aromatic N) is 2. The molecule has 1 aromatic heterocycles. The minimum absolute atomic E-state index is 0.693. The Morgan fingerprint density at radius 2 is 1.89 bits per heavy atom. The zero-order valence-electron chi connectivity index (χ0n) is 10.7. The van der Waals surface area contributed by atoms with Gasteiger partial charge < -0.3 is 4.98 Å². The van der Waals surface area contributed by atoms with Gasteiger partial charge in [0.05, 0.1) is 11.6 Å². The van der Waals surface area contributed by atoms with Crippen molar-refractivity contribution in [3.05, 3.63) is 59.2 Å². The number of aromatic nitrogens is 2. The molecule has 0 amide bonds. The summed E-state index contributed by atoms with van der Waals surface area (Å²) < 4.78 is 0. The Kier molecular flexibility index (Phi) is 3.16. The predicted molar refractivity (Wildman–Crippen MR) is 74.2 cm³/mol. The summed E-state index contributed by atoms with van der Waals surface area (Å²) in [4.78, 5) is 7.61. The van der Waals surface area contributed by atoms with E-state index in [1.807, 2.05) is 30.5 Å². The van der Waals surface area contributed by atoms with Crippen LogP contribution in [0.25, 0.3) is 5.57 Å². The molecule has 2 aromatic rings. The molecule has 19 heavy (non-hydrogen) atoms. The summed E-state index contributed by atoms with van der Waals surface area (Å²) in [6, 6.07) is 9.93. The maximum Gasteiger partial charge on any atom is 0.137 e. The maximum absolute atomic E-state index is 8.88. The molecular formula is C16H15N3. The second kappa shape index (κ2) is 5.11. The number of rotatable bonds is 2. The van der Waals surface area contributed by atoms with Gasteiger partial charge in [-0.1, -0.05) is 17.7 Å². The van der Waals surface area contributed by atoms with Gasteiger partial charge in [-0.25, -0.2) is 4.98 Å². The lowest BCUT2D eigenvalue weighted by molar-refractivity contribution is 0.886. The van der Waals surface area contributed by atoms with Gasteiger partial charge in [0.15, 0.2) is 0 Å². The van der Waals surface area contributed by atoms with E-state index in [0.717, 1.165) is 24.2 Å². The summed E-state index contributed by atoms with van der Waals surface area (Å²) in [5, 5.41) is 8.88. The van der Waals surface area contributed by atoms with E-state index in [-0.39, 0.29) is 0 Å². The smallest absolute Gasteiger partial charge is 0.137 e. The standard InChI is InChI=1S/C16H15N3/c17-11-12-5-7-14(8-6-12)15(13-3-1-2-4-13)16-18-9-10-19-16/h5-10H,1-4H2,(H,18,19).